The van der Waals surface area contributed by atoms with E-state index >= 15 is 0 Å². The highest BCUT2D eigenvalue weighted by Crippen LogP contribution is 2.23. The van der Waals surface area contributed by atoms with E-state index in [0.29, 0.717) is 17.3 Å². The molecule has 2 aromatic carbocycles. The van der Waals surface area contributed by atoms with E-state index in [4.69, 9.17) is 4.74 Å². The van der Waals surface area contributed by atoms with Crippen LogP contribution in [0.2, 0.25) is 0 Å². The normalized spacial score (nSPS) is 11.5. The highest BCUT2D eigenvalue weighted by Gasteiger charge is 2.12. The molecule has 132 valence electrons. The number of ether oxygens (including phenoxy) is 1. The lowest BCUT2D eigenvalue weighted by molar-refractivity contribution is 0.102. The predicted octanol–water partition coefficient (Wildman–Crippen LogP) is 3.91. The molecule has 0 aliphatic heterocycles. The van der Waals surface area contributed by atoms with Gasteiger partial charge in [-0.25, -0.2) is 9.97 Å². The maximum atomic E-state index is 12.3. The van der Waals surface area contributed by atoms with Gasteiger partial charge < -0.3 is 15.4 Å². The van der Waals surface area contributed by atoms with E-state index in [1.165, 1.54) is 6.20 Å². The second-order valence-corrected chi connectivity index (χ2v) is 5.72. The molecule has 26 heavy (non-hydrogen) atoms. The predicted molar refractivity (Wildman–Crippen MR) is 101 cm³/mol. The molecule has 0 saturated carbocycles. The molecule has 3 rings (SSSR count). The van der Waals surface area contributed by atoms with Crippen molar-refractivity contribution in [2.45, 2.75) is 13.0 Å². The van der Waals surface area contributed by atoms with E-state index in [2.05, 4.69) is 20.6 Å². The van der Waals surface area contributed by atoms with E-state index in [9.17, 15) is 4.79 Å². The van der Waals surface area contributed by atoms with Crippen LogP contribution in [-0.4, -0.2) is 23.0 Å². The Morgan fingerprint density at radius 3 is 2.42 bits per heavy atom. The Kier molecular flexibility index (Phi) is 5.43. The van der Waals surface area contributed by atoms with Gasteiger partial charge in [0, 0.05) is 6.04 Å². The summed E-state index contributed by atoms with van der Waals surface area (Å²) in [5.41, 5.74) is 1.96. The molecule has 3 aromatic rings. The van der Waals surface area contributed by atoms with Crippen molar-refractivity contribution in [1.29, 1.82) is 0 Å². The van der Waals surface area contributed by atoms with Gasteiger partial charge in [-0.3, -0.25) is 4.79 Å². The van der Waals surface area contributed by atoms with E-state index in [1.54, 1.807) is 25.4 Å². The maximum absolute atomic E-state index is 12.3. The Bertz CT molecular complexity index is 866. The van der Waals surface area contributed by atoms with Crippen molar-refractivity contribution in [3.8, 4) is 5.75 Å². The Hall–Kier alpha value is -3.41. The fourth-order valence-corrected chi connectivity index (χ4v) is 2.50. The first-order valence-corrected chi connectivity index (χ1v) is 8.25. The number of aromatic nitrogens is 2. The number of methoxy groups -OCH3 is 1. The molecule has 0 spiro atoms. The second kappa shape index (κ2) is 8.11. The van der Waals surface area contributed by atoms with Gasteiger partial charge in [0.25, 0.3) is 5.91 Å². The molecule has 0 aliphatic rings. The minimum atomic E-state index is -0.343. The van der Waals surface area contributed by atoms with Gasteiger partial charge in [-0.05, 0) is 24.6 Å². The van der Waals surface area contributed by atoms with Crippen LogP contribution in [0.1, 0.15) is 29.0 Å². The van der Waals surface area contributed by atoms with E-state index in [-0.39, 0.29) is 17.6 Å². The second-order valence-electron chi connectivity index (χ2n) is 5.72. The summed E-state index contributed by atoms with van der Waals surface area (Å²) in [7, 11) is 1.55. The molecule has 1 aromatic heterocycles. The number of anilines is 2. The van der Waals surface area contributed by atoms with Crippen LogP contribution in [0.15, 0.2) is 67.0 Å². The number of hydrogen-bond donors (Lipinski definition) is 2. The van der Waals surface area contributed by atoms with Gasteiger partial charge in [0.1, 0.15) is 17.3 Å². The quantitative estimate of drug-likeness (QED) is 0.706. The summed E-state index contributed by atoms with van der Waals surface area (Å²) in [4.78, 5) is 20.8. The first-order valence-electron chi connectivity index (χ1n) is 8.25. The minimum Gasteiger partial charge on any atom is -0.495 e. The van der Waals surface area contributed by atoms with Gasteiger partial charge in [0.2, 0.25) is 0 Å². The molecular weight excluding hydrogens is 328 g/mol. The summed E-state index contributed by atoms with van der Waals surface area (Å²) in [5, 5.41) is 6.04. The van der Waals surface area contributed by atoms with Crippen LogP contribution in [0.5, 0.6) is 5.75 Å². The number of hydrogen-bond acceptors (Lipinski definition) is 5. The number of nitrogens with zero attached hydrogens (tertiary/aromatic N) is 2. The largest absolute Gasteiger partial charge is 0.495 e. The third-order valence-electron chi connectivity index (χ3n) is 3.90. The highest BCUT2D eigenvalue weighted by atomic mass is 16.5. The Morgan fingerprint density at radius 1 is 1.00 bits per heavy atom. The van der Waals surface area contributed by atoms with Gasteiger partial charge in [-0.2, -0.15) is 0 Å². The number of carbonyl (C=O) groups excluding carboxylic acids is 1. The van der Waals surface area contributed by atoms with Crippen LogP contribution in [0.4, 0.5) is 11.5 Å². The van der Waals surface area contributed by atoms with Crippen LogP contribution < -0.4 is 15.4 Å². The van der Waals surface area contributed by atoms with Crippen LogP contribution in [-0.2, 0) is 0 Å². The number of benzene rings is 2. The van der Waals surface area contributed by atoms with Crippen molar-refractivity contribution in [3.63, 3.8) is 0 Å². The molecule has 1 atom stereocenters. The van der Waals surface area contributed by atoms with Gasteiger partial charge >= 0.3 is 0 Å². The van der Waals surface area contributed by atoms with Crippen molar-refractivity contribution in [3.05, 3.63) is 78.2 Å². The summed E-state index contributed by atoms with van der Waals surface area (Å²) >= 11 is 0. The fourth-order valence-electron chi connectivity index (χ4n) is 2.50. The number of rotatable bonds is 6. The smallest absolute Gasteiger partial charge is 0.275 e. The van der Waals surface area contributed by atoms with Crippen LogP contribution in [0.3, 0.4) is 0 Å². The van der Waals surface area contributed by atoms with Crippen LogP contribution in [0.25, 0.3) is 0 Å². The van der Waals surface area contributed by atoms with Gasteiger partial charge in [-0.1, -0.05) is 42.5 Å². The minimum absolute atomic E-state index is 0.0822. The number of nitrogens with one attached hydrogen (secondary N) is 2. The summed E-state index contributed by atoms with van der Waals surface area (Å²) in [6, 6.07) is 17.3. The average Bonchev–Trinajstić information content (AvgIpc) is 2.69. The molecule has 0 aliphatic carbocycles. The van der Waals surface area contributed by atoms with Gasteiger partial charge in [0.15, 0.2) is 0 Å². The zero-order chi connectivity index (χ0) is 18.4. The molecular formula is C20H20N4O2. The number of amides is 1. The van der Waals surface area contributed by atoms with Crippen molar-refractivity contribution >= 4 is 17.4 Å². The summed E-state index contributed by atoms with van der Waals surface area (Å²) in [5.74, 6) is 0.851. The van der Waals surface area contributed by atoms with Gasteiger partial charge in [-0.15, -0.1) is 0 Å². The molecule has 0 saturated heterocycles. The molecule has 0 bridgehead atoms. The molecule has 1 heterocycles. The van der Waals surface area contributed by atoms with E-state index < -0.39 is 0 Å². The summed E-state index contributed by atoms with van der Waals surface area (Å²) < 4.78 is 5.23. The monoisotopic (exact) mass is 348 g/mol. The topological polar surface area (TPSA) is 76.1 Å². The third-order valence-corrected chi connectivity index (χ3v) is 3.90. The lowest BCUT2D eigenvalue weighted by Gasteiger charge is -2.14. The maximum Gasteiger partial charge on any atom is 0.275 e. The van der Waals surface area contributed by atoms with Gasteiger partial charge in [0.05, 0.1) is 25.2 Å². The van der Waals surface area contributed by atoms with Crippen LogP contribution >= 0.6 is 0 Å². The molecule has 1 unspecified atom stereocenters. The molecule has 6 nitrogen and oxygen atoms in total. The average molecular weight is 348 g/mol. The molecule has 1 amide bonds. The highest BCUT2D eigenvalue weighted by molar-refractivity contribution is 6.03. The number of carbonyl (C=O) groups is 1. The van der Waals surface area contributed by atoms with Crippen molar-refractivity contribution in [2.75, 3.05) is 17.7 Å². The fraction of sp³-hybridized carbons (Fsp3) is 0.150. The Labute approximate surface area is 152 Å². The van der Waals surface area contributed by atoms with Crippen LogP contribution in [0, 0.1) is 0 Å². The lowest BCUT2D eigenvalue weighted by atomic mass is 10.1. The SMILES string of the molecule is COc1ccccc1NC(=O)c1cnc(NC(C)c2ccccc2)cn1. The Morgan fingerprint density at radius 2 is 1.73 bits per heavy atom. The zero-order valence-electron chi connectivity index (χ0n) is 14.6. The van der Waals surface area contributed by atoms with Crippen molar-refractivity contribution in [1.82, 2.24) is 9.97 Å². The standard InChI is InChI=1S/C20H20N4O2/c1-14(15-8-4-3-5-9-15)23-19-13-21-17(12-22-19)20(25)24-16-10-6-7-11-18(16)26-2/h3-14H,1-2H3,(H,22,23)(H,24,25). The Balaban J connectivity index is 1.66. The number of para-hydroxylation sites is 2. The summed E-state index contributed by atoms with van der Waals surface area (Å²) in [6.07, 6.45) is 3.00. The first-order chi connectivity index (χ1) is 12.7. The first kappa shape index (κ1) is 17.4. The summed E-state index contributed by atoms with van der Waals surface area (Å²) in [6.45, 7) is 2.04. The molecule has 2 N–H and O–H groups in total. The zero-order valence-corrected chi connectivity index (χ0v) is 14.6. The van der Waals surface area contributed by atoms with E-state index in [0.717, 1.165) is 5.56 Å². The van der Waals surface area contributed by atoms with Crippen molar-refractivity contribution in [2.24, 2.45) is 0 Å². The van der Waals surface area contributed by atoms with Crippen molar-refractivity contribution < 1.29 is 9.53 Å². The third kappa shape index (κ3) is 4.16. The molecule has 0 fully saturated rings. The molecule has 6 heteroatoms. The molecule has 0 radical (unpaired) electrons. The van der Waals surface area contributed by atoms with E-state index in [1.807, 2.05) is 49.4 Å². The lowest BCUT2D eigenvalue weighted by Crippen LogP contribution is -2.15.